The molecule has 1 atom stereocenters. The molecule has 0 saturated carbocycles. The van der Waals surface area contributed by atoms with Crippen LogP contribution in [0.2, 0.25) is 0 Å². The molecule has 0 aromatic carbocycles. The van der Waals surface area contributed by atoms with Crippen LogP contribution in [0.4, 0.5) is 0 Å². The lowest BCUT2D eigenvalue weighted by molar-refractivity contribution is 0.396. The molecule has 0 saturated heterocycles. The molecule has 2 aromatic heterocycles. The van der Waals surface area contributed by atoms with E-state index in [1.165, 1.54) is 0 Å². The Labute approximate surface area is 100 Å². The first-order valence-electron chi connectivity index (χ1n) is 5.73. The highest BCUT2D eigenvalue weighted by molar-refractivity contribution is 4.95. The van der Waals surface area contributed by atoms with Crippen LogP contribution < -0.4 is 5.32 Å². The molecule has 0 fully saturated rings. The second-order valence-corrected chi connectivity index (χ2v) is 3.90. The SMILES string of the molecule is CCn1ncnc1CNC(C)c1ncc(C)o1. The molecule has 6 heteroatoms. The molecular formula is C11H17N5O. The van der Waals surface area contributed by atoms with Crippen molar-refractivity contribution in [1.29, 1.82) is 0 Å². The van der Waals surface area contributed by atoms with Gasteiger partial charge in [0.15, 0.2) is 0 Å². The lowest BCUT2D eigenvalue weighted by atomic mass is 10.3. The summed E-state index contributed by atoms with van der Waals surface area (Å²) in [5, 5.41) is 7.43. The fraction of sp³-hybridized carbons (Fsp3) is 0.545. The van der Waals surface area contributed by atoms with E-state index >= 15 is 0 Å². The summed E-state index contributed by atoms with van der Waals surface area (Å²) < 4.78 is 7.32. The van der Waals surface area contributed by atoms with E-state index < -0.39 is 0 Å². The van der Waals surface area contributed by atoms with E-state index in [4.69, 9.17) is 4.42 Å². The first-order valence-corrected chi connectivity index (χ1v) is 5.73. The predicted octanol–water partition coefficient (Wildman–Crippen LogP) is 1.45. The fourth-order valence-electron chi connectivity index (χ4n) is 1.59. The molecule has 1 unspecified atom stereocenters. The zero-order valence-corrected chi connectivity index (χ0v) is 10.3. The minimum atomic E-state index is 0.0608. The van der Waals surface area contributed by atoms with E-state index in [9.17, 15) is 0 Å². The Morgan fingerprint density at radius 3 is 2.94 bits per heavy atom. The number of nitrogens with one attached hydrogen (secondary N) is 1. The van der Waals surface area contributed by atoms with Crippen molar-refractivity contribution in [3.63, 3.8) is 0 Å². The van der Waals surface area contributed by atoms with Gasteiger partial charge in [-0.25, -0.2) is 14.6 Å². The molecule has 0 aliphatic heterocycles. The van der Waals surface area contributed by atoms with Crippen molar-refractivity contribution in [3.05, 3.63) is 30.0 Å². The zero-order valence-electron chi connectivity index (χ0n) is 10.3. The maximum absolute atomic E-state index is 5.46. The first kappa shape index (κ1) is 11.8. The van der Waals surface area contributed by atoms with Gasteiger partial charge in [-0.1, -0.05) is 0 Å². The Hall–Kier alpha value is -1.69. The van der Waals surface area contributed by atoms with Gasteiger partial charge in [0.1, 0.15) is 17.9 Å². The molecule has 0 radical (unpaired) electrons. The molecule has 2 aromatic rings. The minimum Gasteiger partial charge on any atom is -0.444 e. The normalized spacial score (nSPS) is 12.9. The van der Waals surface area contributed by atoms with Crippen LogP contribution in [-0.4, -0.2) is 19.7 Å². The van der Waals surface area contributed by atoms with Crippen molar-refractivity contribution in [2.75, 3.05) is 0 Å². The Morgan fingerprint density at radius 1 is 1.47 bits per heavy atom. The summed E-state index contributed by atoms with van der Waals surface area (Å²) in [7, 11) is 0. The van der Waals surface area contributed by atoms with Crippen LogP contribution in [0.5, 0.6) is 0 Å². The third kappa shape index (κ3) is 2.71. The van der Waals surface area contributed by atoms with Crippen molar-refractivity contribution < 1.29 is 4.42 Å². The lowest BCUT2D eigenvalue weighted by Crippen LogP contribution is -2.21. The predicted molar refractivity (Wildman–Crippen MR) is 62.2 cm³/mol. The van der Waals surface area contributed by atoms with Crippen LogP contribution in [0.25, 0.3) is 0 Å². The van der Waals surface area contributed by atoms with Crippen LogP contribution in [0.1, 0.15) is 37.4 Å². The van der Waals surface area contributed by atoms with Crippen LogP contribution in [0.15, 0.2) is 16.9 Å². The van der Waals surface area contributed by atoms with Crippen molar-refractivity contribution in [1.82, 2.24) is 25.1 Å². The molecule has 6 nitrogen and oxygen atoms in total. The summed E-state index contributed by atoms with van der Waals surface area (Å²) in [6.07, 6.45) is 3.29. The number of nitrogens with zero attached hydrogens (tertiary/aromatic N) is 4. The van der Waals surface area contributed by atoms with E-state index in [1.807, 2.05) is 25.5 Å². The van der Waals surface area contributed by atoms with Crippen molar-refractivity contribution in [2.24, 2.45) is 0 Å². The quantitative estimate of drug-likeness (QED) is 0.849. The van der Waals surface area contributed by atoms with E-state index in [1.54, 1.807) is 12.5 Å². The van der Waals surface area contributed by atoms with E-state index in [-0.39, 0.29) is 6.04 Å². The number of aromatic nitrogens is 4. The maximum Gasteiger partial charge on any atom is 0.211 e. The average Bonchev–Trinajstić information content (AvgIpc) is 2.94. The lowest BCUT2D eigenvalue weighted by Gasteiger charge is -2.10. The monoisotopic (exact) mass is 235 g/mol. The van der Waals surface area contributed by atoms with Crippen molar-refractivity contribution in [2.45, 2.75) is 39.9 Å². The fourth-order valence-corrected chi connectivity index (χ4v) is 1.59. The Kier molecular flexibility index (Phi) is 3.53. The third-order valence-electron chi connectivity index (χ3n) is 2.57. The Balaban J connectivity index is 1.94. The highest BCUT2D eigenvalue weighted by Crippen LogP contribution is 2.12. The molecule has 0 aliphatic carbocycles. The van der Waals surface area contributed by atoms with E-state index in [0.717, 1.165) is 18.1 Å². The summed E-state index contributed by atoms with van der Waals surface area (Å²) >= 11 is 0. The second kappa shape index (κ2) is 5.09. The van der Waals surface area contributed by atoms with Crippen molar-refractivity contribution >= 4 is 0 Å². The average molecular weight is 235 g/mol. The summed E-state index contributed by atoms with van der Waals surface area (Å²) in [4.78, 5) is 8.38. The highest BCUT2D eigenvalue weighted by atomic mass is 16.4. The Bertz CT molecular complexity index is 476. The Morgan fingerprint density at radius 2 is 2.29 bits per heavy atom. The van der Waals surface area contributed by atoms with Gasteiger partial charge in [-0.05, 0) is 20.8 Å². The van der Waals surface area contributed by atoms with Gasteiger partial charge in [-0.15, -0.1) is 0 Å². The highest BCUT2D eigenvalue weighted by Gasteiger charge is 2.12. The smallest absolute Gasteiger partial charge is 0.211 e. The molecule has 0 spiro atoms. The van der Waals surface area contributed by atoms with Gasteiger partial charge in [0.05, 0.1) is 18.8 Å². The van der Waals surface area contributed by atoms with Gasteiger partial charge in [0.25, 0.3) is 0 Å². The molecule has 0 amide bonds. The number of rotatable bonds is 5. The van der Waals surface area contributed by atoms with Gasteiger partial charge in [-0.3, -0.25) is 5.32 Å². The van der Waals surface area contributed by atoms with Gasteiger partial charge < -0.3 is 4.42 Å². The first-order chi connectivity index (χ1) is 8.20. The molecule has 92 valence electrons. The summed E-state index contributed by atoms with van der Waals surface area (Å²) in [5.41, 5.74) is 0. The van der Waals surface area contributed by atoms with Gasteiger partial charge >= 0.3 is 0 Å². The largest absolute Gasteiger partial charge is 0.444 e. The molecular weight excluding hydrogens is 218 g/mol. The summed E-state index contributed by atoms with van der Waals surface area (Å²) in [6.45, 7) is 7.41. The number of hydrogen-bond donors (Lipinski definition) is 1. The van der Waals surface area contributed by atoms with Gasteiger partial charge in [-0.2, -0.15) is 5.10 Å². The molecule has 0 aliphatic rings. The van der Waals surface area contributed by atoms with Gasteiger partial charge in [0, 0.05) is 6.54 Å². The molecule has 17 heavy (non-hydrogen) atoms. The van der Waals surface area contributed by atoms with E-state index in [0.29, 0.717) is 12.4 Å². The molecule has 2 heterocycles. The maximum atomic E-state index is 5.46. The number of oxazole rings is 1. The van der Waals surface area contributed by atoms with Gasteiger partial charge in [0.2, 0.25) is 5.89 Å². The minimum absolute atomic E-state index is 0.0608. The number of hydrogen-bond acceptors (Lipinski definition) is 5. The summed E-state index contributed by atoms with van der Waals surface area (Å²) in [6, 6.07) is 0.0608. The van der Waals surface area contributed by atoms with Crippen LogP contribution in [-0.2, 0) is 13.1 Å². The summed E-state index contributed by atoms with van der Waals surface area (Å²) in [5.74, 6) is 2.44. The van der Waals surface area contributed by atoms with Crippen molar-refractivity contribution in [3.8, 4) is 0 Å². The standard InChI is InChI=1S/C11H17N5O/c1-4-16-10(14-7-15-16)6-12-9(3)11-13-5-8(2)17-11/h5,7,9,12H,4,6H2,1-3H3. The van der Waals surface area contributed by atoms with Crippen LogP contribution in [0, 0.1) is 6.92 Å². The van der Waals surface area contributed by atoms with Crippen LogP contribution >= 0.6 is 0 Å². The molecule has 0 bridgehead atoms. The van der Waals surface area contributed by atoms with Crippen LogP contribution in [0.3, 0.4) is 0 Å². The molecule has 2 rings (SSSR count). The third-order valence-corrected chi connectivity index (χ3v) is 2.57. The zero-order chi connectivity index (χ0) is 12.3. The molecule has 1 N–H and O–H groups in total. The van der Waals surface area contributed by atoms with E-state index in [2.05, 4.69) is 20.4 Å². The number of aryl methyl sites for hydroxylation is 2. The topological polar surface area (TPSA) is 68.8 Å². The second-order valence-electron chi connectivity index (χ2n) is 3.90.